The van der Waals surface area contributed by atoms with Crippen molar-refractivity contribution in [2.45, 2.75) is 4.90 Å². The predicted octanol–water partition coefficient (Wildman–Crippen LogP) is 2.67. The van der Waals surface area contributed by atoms with E-state index < -0.39 is 15.8 Å². The van der Waals surface area contributed by atoms with Crippen LogP contribution in [-0.4, -0.2) is 20.2 Å². The number of hydrogen-bond donors (Lipinski definition) is 1. The van der Waals surface area contributed by atoms with Crippen LogP contribution < -0.4 is 4.72 Å². The zero-order valence-corrected chi connectivity index (χ0v) is 11.4. The third-order valence-electron chi connectivity index (χ3n) is 2.61. The highest BCUT2D eigenvalue weighted by molar-refractivity contribution is 7.92. The van der Waals surface area contributed by atoms with Crippen LogP contribution in [0.2, 0.25) is 0 Å². The van der Waals surface area contributed by atoms with Gasteiger partial charge in [-0.2, -0.15) is 0 Å². The van der Waals surface area contributed by atoms with Gasteiger partial charge in [-0.15, -0.1) is 0 Å². The third-order valence-corrected chi connectivity index (χ3v) is 3.99. The second-order valence-corrected chi connectivity index (χ2v) is 5.76. The first kappa shape index (κ1) is 14.1. The van der Waals surface area contributed by atoms with Gasteiger partial charge in [-0.05, 0) is 18.2 Å². The number of halogens is 1. The maximum Gasteiger partial charge on any atom is 0.261 e. The van der Waals surface area contributed by atoms with E-state index in [-0.39, 0.29) is 16.3 Å². The summed E-state index contributed by atoms with van der Waals surface area (Å²) in [4.78, 5) is 11.2. The fraction of sp³-hybridized carbons (Fsp3) is 0.0769. The standard InChI is InChI=1S/C13H12FN2O3S/c1-16(17)10-7-8-12(14)13(9-10)15-20(18,19)11-5-3-2-4-6-11/h2-9,15H,1H3/q+1. The van der Waals surface area contributed by atoms with E-state index in [1.165, 1.54) is 25.2 Å². The molecule has 2 aromatic carbocycles. The number of nitroso groups, excluding NO2 is 1. The molecule has 0 aliphatic heterocycles. The van der Waals surface area contributed by atoms with E-state index in [0.29, 0.717) is 4.76 Å². The lowest BCUT2D eigenvalue weighted by Crippen LogP contribution is -2.14. The van der Waals surface area contributed by atoms with Crippen LogP contribution in [0.15, 0.2) is 53.4 Å². The molecule has 0 radical (unpaired) electrons. The molecule has 0 aliphatic rings. The van der Waals surface area contributed by atoms with Gasteiger partial charge in [-0.25, -0.2) is 12.8 Å². The van der Waals surface area contributed by atoms with Gasteiger partial charge in [0.05, 0.1) is 10.6 Å². The lowest BCUT2D eigenvalue weighted by molar-refractivity contribution is -0.428. The highest BCUT2D eigenvalue weighted by atomic mass is 32.2. The van der Waals surface area contributed by atoms with Crippen molar-refractivity contribution < 1.29 is 17.6 Å². The van der Waals surface area contributed by atoms with E-state index in [4.69, 9.17) is 0 Å². The molecule has 0 aliphatic carbocycles. The Kier molecular flexibility index (Phi) is 3.80. The Morgan fingerprint density at radius 1 is 1.10 bits per heavy atom. The summed E-state index contributed by atoms with van der Waals surface area (Å²) < 4.78 is 40.4. The van der Waals surface area contributed by atoms with Crippen molar-refractivity contribution in [2.75, 3.05) is 11.8 Å². The van der Waals surface area contributed by atoms with E-state index >= 15 is 0 Å². The quantitative estimate of drug-likeness (QED) is 0.882. The highest BCUT2D eigenvalue weighted by Gasteiger charge is 2.18. The smallest absolute Gasteiger partial charge is 0.261 e. The van der Waals surface area contributed by atoms with Crippen molar-refractivity contribution in [3.63, 3.8) is 0 Å². The van der Waals surface area contributed by atoms with Crippen LogP contribution in [0.5, 0.6) is 0 Å². The van der Waals surface area contributed by atoms with Crippen LogP contribution in [0.1, 0.15) is 0 Å². The Bertz CT molecular complexity index is 745. The van der Waals surface area contributed by atoms with Crippen LogP contribution in [0.4, 0.5) is 15.8 Å². The minimum absolute atomic E-state index is 0.0141. The molecule has 0 heterocycles. The van der Waals surface area contributed by atoms with Crippen LogP contribution in [-0.2, 0) is 10.0 Å². The molecule has 7 heteroatoms. The lowest BCUT2D eigenvalue weighted by Gasteiger charge is -2.08. The van der Waals surface area contributed by atoms with E-state index in [2.05, 4.69) is 4.72 Å². The molecule has 0 bridgehead atoms. The third kappa shape index (κ3) is 3.00. The Hall–Kier alpha value is -2.28. The number of hydrogen-bond acceptors (Lipinski definition) is 3. The number of rotatable bonds is 4. The number of sulfonamides is 1. The Labute approximate surface area is 115 Å². The summed E-state index contributed by atoms with van der Waals surface area (Å²) in [5.41, 5.74) is -0.119. The summed E-state index contributed by atoms with van der Waals surface area (Å²) in [6.07, 6.45) is 0. The average Bonchev–Trinajstić information content (AvgIpc) is 2.42. The van der Waals surface area contributed by atoms with Crippen molar-refractivity contribution in [1.29, 1.82) is 0 Å². The maximum absolute atomic E-state index is 13.6. The lowest BCUT2D eigenvalue weighted by atomic mass is 10.3. The monoisotopic (exact) mass is 295 g/mol. The van der Waals surface area contributed by atoms with Crippen LogP contribution in [0, 0.1) is 10.7 Å². The van der Waals surface area contributed by atoms with Crippen molar-refractivity contribution >= 4 is 21.4 Å². The van der Waals surface area contributed by atoms with Crippen molar-refractivity contribution in [1.82, 2.24) is 0 Å². The second-order valence-electron chi connectivity index (χ2n) is 4.08. The number of nitrogens with zero attached hydrogens (tertiary/aromatic N) is 1. The molecule has 2 aromatic rings. The maximum atomic E-state index is 13.6. The Morgan fingerprint density at radius 2 is 1.75 bits per heavy atom. The largest absolute Gasteiger partial charge is 0.276 e. The Balaban J connectivity index is 2.39. The average molecular weight is 295 g/mol. The highest BCUT2D eigenvalue weighted by Crippen LogP contribution is 2.23. The van der Waals surface area contributed by atoms with E-state index in [9.17, 15) is 17.7 Å². The summed E-state index contributed by atoms with van der Waals surface area (Å²) in [6.45, 7) is 0. The van der Waals surface area contributed by atoms with Gasteiger partial charge in [0.15, 0.2) is 7.05 Å². The number of anilines is 1. The summed E-state index contributed by atoms with van der Waals surface area (Å²) in [5, 5.41) is 0. The van der Waals surface area contributed by atoms with Gasteiger partial charge in [0.2, 0.25) is 0 Å². The first-order valence-electron chi connectivity index (χ1n) is 5.68. The number of benzene rings is 2. The van der Waals surface area contributed by atoms with Gasteiger partial charge in [-0.1, -0.05) is 18.2 Å². The molecule has 0 amide bonds. The van der Waals surface area contributed by atoms with Crippen molar-refractivity contribution in [3.05, 3.63) is 59.3 Å². The molecule has 2 rings (SSSR count). The molecule has 0 saturated carbocycles. The summed E-state index contributed by atoms with van der Waals surface area (Å²) >= 11 is 0. The van der Waals surface area contributed by atoms with Gasteiger partial charge in [0.1, 0.15) is 5.82 Å². The van der Waals surface area contributed by atoms with E-state index in [1.807, 2.05) is 0 Å². The molecule has 0 aromatic heterocycles. The van der Waals surface area contributed by atoms with Crippen LogP contribution >= 0.6 is 0 Å². The zero-order chi connectivity index (χ0) is 14.8. The van der Waals surface area contributed by atoms with Crippen molar-refractivity contribution in [2.24, 2.45) is 0 Å². The minimum Gasteiger partial charge on any atom is -0.276 e. The minimum atomic E-state index is -3.89. The second kappa shape index (κ2) is 5.38. The van der Waals surface area contributed by atoms with Crippen molar-refractivity contribution in [3.8, 4) is 0 Å². The number of nitrogens with one attached hydrogen (secondary N) is 1. The Morgan fingerprint density at radius 3 is 2.35 bits per heavy atom. The normalized spacial score (nSPS) is 11.1. The molecule has 0 saturated heterocycles. The van der Waals surface area contributed by atoms with Gasteiger partial charge in [-0.3, -0.25) is 4.72 Å². The predicted molar refractivity (Wildman–Crippen MR) is 72.9 cm³/mol. The molecule has 0 unspecified atom stereocenters. The summed E-state index contributed by atoms with van der Waals surface area (Å²) in [7, 11) is -2.65. The fourth-order valence-corrected chi connectivity index (χ4v) is 2.67. The van der Waals surface area contributed by atoms with Gasteiger partial charge in [0.25, 0.3) is 15.7 Å². The molecule has 1 N–H and O–H groups in total. The van der Waals surface area contributed by atoms with Crippen LogP contribution in [0.25, 0.3) is 0 Å². The SMILES string of the molecule is C[N+](=O)c1ccc(F)c(NS(=O)(=O)c2ccccc2)c1. The first-order chi connectivity index (χ1) is 9.40. The zero-order valence-electron chi connectivity index (χ0n) is 10.6. The van der Waals surface area contributed by atoms with Gasteiger partial charge in [0, 0.05) is 21.8 Å². The van der Waals surface area contributed by atoms with Gasteiger partial charge < -0.3 is 0 Å². The first-order valence-corrected chi connectivity index (χ1v) is 7.17. The summed E-state index contributed by atoms with van der Waals surface area (Å²) in [6, 6.07) is 11.0. The summed E-state index contributed by atoms with van der Waals surface area (Å²) in [5.74, 6) is -0.755. The molecule has 0 atom stereocenters. The molecule has 0 spiro atoms. The molecule has 0 fully saturated rings. The molecule has 104 valence electrons. The molecular weight excluding hydrogens is 283 g/mol. The fourth-order valence-electron chi connectivity index (χ4n) is 1.59. The molecule has 20 heavy (non-hydrogen) atoms. The molecule has 5 nitrogen and oxygen atoms in total. The van der Waals surface area contributed by atoms with Gasteiger partial charge >= 0.3 is 0 Å². The molecular formula is C13H12FN2O3S+. The van der Waals surface area contributed by atoms with Crippen LogP contribution in [0.3, 0.4) is 0 Å². The van der Waals surface area contributed by atoms with E-state index in [1.54, 1.807) is 18.2 Å². The topological polar surface area (TPSA) is 66.2 Å². The van der Waals surface area contributed by atoms with E-state index in [0.717, 1.165) is 12.1 Å².